The minimum absolute atomic E-state index is 1.14. The molecule has 0 bridgehead atoms. The average molecular weight is 215 g/mol. The van der Waals surface area contributed by atoms with Gasteiger partial charge in [0.15, 0.2) is 0 Å². The van der Waals surface area contributed by atoms with Crippen molar-refractivity contribution in [2.45, 2.75) is 32.6 Å². The third kappa shape index (κ3) is 2.29. The van der Waals surface area contributed by atoms with E-state index in [1.54, 1.807) is 0 Å². The zero-order valence-electron chi connectivity index (χ0n) is 10.2. The monoisotopic (exact) mass is 215 g/mol. The van der Waals surface area contributed by atoms with E-state index >= 15 is 0 Å². The minimum atomic E-state index is 1.14. The van der Waals surface area contributed by atoms with Crippen LogP contribution in [0.5, 0.6) is 0 Å². The van der Waals surface area contributed by atoms with E-state index in [4.69, 9.17) is 0 Å². The van der Waals surface area contributed by atoms with Gasteiger partial charge in [0.05, 0.1) is 0 Å². The summed E-state index contributed by atoms with van der Waals surface area (Å²) in [6.45, 7) is 8.80. The molecular weight excluding hydrogens is 194 g/mol. The molecule has 0 saturated heterocycles. The first-order valence-corrected chi connectivity index (χ1v) is 6.35. The molecule has 0 radical (unpaired) electrons. The maximum absolute atomic E-state index is 4.24. The summed E-state index contributed by atoms with van der Waals surface area (Å²) >= 11 is 0. The molecule has 0 unspecified atom stereocenters. The number of benzene rings is 1. The van der Waals surface area contributed by atoms with Crippen LogP contribution in [0.1, 0.15) is 37.3 Å². The smallest absolute Gasteiger partial charge is 0.0369 e. The van der Waals surface area contributed by atoms with Gasteiger partial charge in [0.25, 0.3) is 0 Å². The van der Waals surface area contributed by atoms with Crippen molar-refractivity contribution in [2.24, 2.45) is 0 Å². The molecule has 0 aliphatic carbocycles. The first-order valence-electron chi connectivity index (χ1n) is 6.35. The second-order valence-corrected chi connectivity index (χ2v) is 4.55. The number of nitrogens with zero attached hydrogens (tertiary/aromatic N) is 1. The summed E-state index contributed by atoms with van der Waals surface area (Å²) in [6.07, 6.45) is 5.07. The summed E-state index contributed by atoms with van der Waals surface area (Å²) < 4.78 is 0. The Labute approximate surface area is 98.8 Å². The number of fused-ring (bicyclic) bond motifs is 1. The van der Waals surface area contributed by atoms with E-state index < -0.39 is 0 Å². The lowest BCUT2D eigenvalue weighted by Crippen LogP contribution is -2.29. The molecule has 1 aliphatic rings. The Balaban J connectivity index is 2.03. The molecule has 1 aromatic rings. The van der Waals surface area contributed by atoms with Crippen LogP contribution in [0.4, 0.5) is 0 Å². The summed E-state index contributed by atoms with van der Waals surface area (Å²) in [4.78, 5) is 2.44. The van der Waals surface area contributed by atoms with Gasteiger partial charge in [0.2, 0.25) is 0 Å². The Morgan fingerprint density at radius 1 is 1.25 bits per heavy atom. The second kappa shape index (κ2) is 5.20. The van der Waals surface area contributed by atoms with Crippen LogP contribution >= 0.6 is 0 Å². The highest BCUT2D eigenvalue weighted by Gasteiger charge is 2.17. The lowest BCUT2D eigenvalue weighted by Gasteiger charge is -2.32. The van der Waals surface area contributed by atoms with Crippen LogP contribution in [-0.4, -0.2) is 18.0 Å². The van der Waals surface area contributed by atoms with Gasteiger partial charge >= 0.3 is 0 Å². The van der Waals surface area contributed by atoms with Crippen molar-refractivity contribution in [3.8, 4) is 0 Å². The Bertz CT molecular complexity index is 367. The van der Waals surface area contributed by atoms with Gasteiger partial charge in [-0.15, -0.1) is 0 Å². The van der Waals surface area contributed by atoms with Crippen molar-refractivity contribution in [3.63, 3.8) is 0 Å². The summed E-state index contributed by atoms with van der Waals surface area (Å²) in [5.74, 6) is 0. The first kappa shape index (κ1) is 11.3. The minimum Gasteiger partial charge on any atom is -0.371 e. The molecule has 1 aromatic carbocycles. The van der Waals surface area contributed by atoms with Gasteiger partial charge in [-0.25, -0.2) is 0 Å². The molecule has 0 fully saturated rings. The van der Waals surface area contributed by atoms with Gasteiger partial charge in [0, 0.05) is 24.4 Å². The molecule has 1 aliphatic heterocycles. The highest BCUT2D eigenvalue weighted by atomic mass is 15.1. The highest BCUT2D eigenvalue weighted by Crippen LogP contribution is 2.27. The van der Waals surface area contributed by atoms with Gasteiger partial charge in [-0.2, -0.15) is 0 Å². The van der Waals surface area contributed by atoms with E-state index in [1.807, 2.05) is 0 Å². The van der Waals surface area contributed by atoms with Gasteiger partial charge in [-0.3, -0.25) is 0 Å². The molecule has 0 saturated carbocycles. The molecule has 1 heteroatoms. The van der Waals surface area contributed by atoms with Crippen LogP contribution in [0.2, 0.25) is 0 Å². The number of hydrogen-bond acceptors (Lipinski definition) is 1. The van der Waals surface area contributed by atoms with E-state index in [9.17, 15) is 0 Å². The van der Waals surface area contributed by atoms with E-state index in [-0.39, 0.29) is 0 Å². The fourth-order valence-electron chi connectivity index (χ4n) is 2.38. The fourth-order valence-corrected chi connectivity index (χ4v) is 2.38. The summed E-state index contributed by atoms with van der Waals surface area (Å²) in [5.41, 5.74) is 4.03. The molecule has 1 nitrogen and oxygen atoms in total. The maximum Gasteiger partial charge on any atom is 0.0369 e. The van der Waals surface area contributed by atoms with Crippen LogP contribution in [0, 0.1) is 0 Å². The lowest BCUT2D eigenvalue weighted by molar-refractivity contribution is 0.378. The largest absolute Gasteiger partial charge is 0.371 e. The highest BCUT2D eigenvalue weighted by molar-refractivity contribution is 5.66. The third-order valence-electron chi connectivity index (χ3n) is 3.39. The standard InChI is InChI=1S/C15H21N/c1-3-4-7-11-16-12-10-14-8-5-6-9-15(14)13(16)2/h5-6,8-9H,2-4,7,10-12H2,1H3. The van der Waals surface area contributed by atoms with Crippen molar-refractivity contribution >= 4 is 5.70 Å². The number of unbranched alkanes of at least 4 members (excludes halogenated alkanes) is 2. The summed E-state index contributed by atoms with van der Waals surface area (Å²) in [5, 5.41) is 0. The summed E-state index contributed by atoms with van der Waals surface area (Å²) in [7, 11) is 0. The van der Waals surface area contributed by atoms with E-state index in [1.165, 1.54) is 49.1 Å². The Morgan fingerprint density at radius 2 is 2.06 bits per heavy atom. The van der Waals surface area contributed by atoms with Gasteiger partial charge < -0.3 is 4.90 Å². The average Bonchev–Trinajstić information content (AvgIpc) is 2.33. The quantitative estimate of drug-likeness (QED) is 0.692. The molecule has 0 atom stereocenters. The third-order valence-corrected chi connectivity index (χ3v) is 3.39. The summed E-state index contributed by atoms with van der Waals surface area (Å²) in [6, 6.07) is 8.66. The van der Waals surface area contributed by atoms with Crippen LogP contribution < -0.4 is 0 Å². The molecule has 0 aromatic heterocycles. The van der Waals surface area contributed by atoms with Crippen molar-refractivity contribution in [1.82, 2.24) is 4.90 Å². The normalized spacial score (nSPS) is 15.1. The van der Waals surface area contributed by atoms with E-state index in [0.29, 0.717) is 0 Å². The van der Waals surface area contributed by atoms with Crippen LogP contribution in [-0.2, 0) is 6.42 Å². The van der Waals surface area contributed by atoms with Crippen molar-refractivity contribution in [1.29, 1.82) is 0 Å². The van der Waals surface area contributed by atoms with Crippen molar-refractivity contribution in [2.75, 3.05) is 13.1 Å². The molecule has 86 valence electrons. The molecular formula is C15H21N. The van der Waals surface area contributed by atoms with Gasteiger partial charge in [-0.1, -0.05) is 50.6 Å². The predicted molar refractivity (Wildman–Crippen MR) is 70.3 cm³/mol. The first-order chi connectivity index (χ1) is 7.83. The number of rotatable bonds is 4. The molecule has 1 heterocycles. The zero-order valence-corrected chi connectivity index (χ0v) is 10.2. The van der Waals surface area contributed by atoms with Crippen LogP contribution in [0.3, 0.4) is 0 Å². The SMILES string of the molecule is C=C1c2ccccc2CCN1CCCCC. The number of hydrogen-bond donors (Lipinski definition) is 0. The molecule has 2 rings (SSSR count). The van der Waals surface area contributed by atoms with E-state index in [0.717, 1.165) is 6.54 Å². The molecule has 0 spiro atoms. The Hall–Kier alpha value is -1.24. The lowest BCUT2D eigenvalue weighted by atomic mass is 9.97. The molecule has 16 heavy (non-hydrogen) atoms. The maximum atomic E-state index is 4.24. The van der Waals surface area contributed by atoms with Crippen LogP contribution in [0.25, 0.3) is 5.70 Å². The fraction of sp³-hybridized carbons (Fsp3) is 0.467. The molecule has 0 N–H and O–H groups in total. The van der Waals surface area contributed by atoms with Crippen molar-refractivity contribution in [3.05, 3.63) is 42.0 Å². The molecule has 0 amide bonds. The van der Waals surface area contributed by atoms with Gasteiger partial charge in [-0.05, 0) is 18.4 Å². The zero-order chi connectivity index (χ0) is 11.4. The van der Waals surface area contributed by atoms with Crippen LogP contribution in [0.15, 0.2) is 30.8 Å². The Morgan fingerprint density at radius 3 is 2.88 bits per heavy atom. The van der Waals surface area contributed by atoms with Crippen molar-refractivity contribution < 1.29 is 0 Å². The second-order valence-electron chi connectivity index (χ2n) is 4.55. The topological polar surface area (TPSA) is 3.24 Å². The predicted octanol–water partition coefficient (Wildman–Crippen LogP) is 3.71. The van der Waals surface area contributed by atoms with Gasteiger partial charge in [0.1, 0.15) is 0 Å². The Kier molecular flexibility index (Phi) is 3.66. The van der Waals surface area contributed by atoms with E-state index in [2.05, 4.69) is 42.7 Å².